The monoisotopic (exact) mass is 771 g/mol. The van der Waals surface area contributed by atoms with Crippen molar-refractivity contribution in [1.29, 1.82) is 0 Å². The van der Waals surface area contributed by atoms with E-state index in [0.717, 1.165) is 18.5 Å². The molecule has 1 fully saturated rings. The van der Waals surface area contributed by atoms with Gasteiger partial charge in [-0.3, -0.25) is 0 Å². The zero-order chi connectivity index (χ0) is 39.9. The molecule has 0 amide bonds. The molecule has 0 N–H and O–H groups in total. The SMILES string of the molecule is CC12CCCCC1(C)N(c1cccc(F)c1)c1ccc(-c3ccc4c5c(-c6ccccc6)c6c7cccc8cccc(c6c(-c6ccccc6)c5c5cccc3c54)c87)cc12. The first kappa shape index (κ1) is 34.1. The molecule has 286 valence electrons. The molecule has 1 heterocycles. The fourth-order valence-electron chi connectivity index (χ4n) is 12.4. The van der Waals surface area contributed by atoms with Gasteiger partial charge < -0.3 is 4.90 Å². The van der Waals surface area contributed by atoms with Crippen LogP contribution >= 0.6 is 0 Å². The molecule has 1 aliphatic heterocycles. The van der Waals surface area contributed by atoms with Crippen molar-refractivity contribution in [3.05, 3.63) is 181 Å². The summed E-state index contributed by atoms with van der Waals surface area (Å²) in [5, 5.41) is 15.8. The van der Waals surface area contributed by atoms with Gasteiger partial charge in [-0.15, -0.1) is 0 Å². The summed E-state index contributed by atoms with van der Waals surface area (Å²) < 4.78 is 14.8. The largest absolute Gasteiger partial charge is 0.334 e. The van der Waals surface area contributed by atoms with E-state index < -0.39 is 0 Å². The van der Waals surface area contributed by atoms with Gasteiger partial charge in [0.05, 0.1) is 5.54 Å². The van der Waals surface area contributed by atoms with Crippen LogP contribution in [0.3, 0.4) is 0 Å². The third kappa shape index (κ3) is 4.31. The molecule has 60 heavy (non-hydrogen) atoms. The Balaban J connectivity index is 1.15. The lowest BCUT2D eigenvalue weighted by Gasteiger charge is -2.50. The average molecular weight is 772 g/mol. The van der Waals surface area contributed by atoms with Gasteiger partial charge in [-0.1, -0.05) is 159 Å². The van der Waals surface area contributed by atoms with Gasteiger partial charge in [0.2, 0.25) is 0 Å². The molecule has 0 spiro atoms. The highest BCUT2D eigenvalue weighted by atomic mass is 19.1. The highest BCUT2D eigenvalue weighted by molar-refractivity contribution is 6.46. The Labute approximate surface area is 349 Å². The van der Waals surface area contributed by atoms with Gasteiger partial charge in [-0.2, -0.15) is 0 Å². The zero-order valence-corrected chi connectivity index (χ0v) is 33.8. The Morgan fingerprint density at radius 2 is 1.02 bits per heavy atom. The minimum Gasteiger partial charge on any atom is -0.334 e. The van der Waals surface area contributed by atoms with Crippen LogP contribution < -0.4 is 4.90 Å². The third-order valence-electron chi connectivity index (χ3n) is 15.1. The fourth-order valence-corrected chi connectivity index (χ4v) is 12.4. The minimum absolute atomic E-state index is 0.0805. The molecule has 2 unspecified atom stereocenters. The number of benzene rings is 9. The Kier molecular flexibility index (Phi) is 6.91. The second-order valence-corrected chi connectivity index (χ2v) is 17.9. The highest BCUT2D eigenvalue weighted by Crippen LogP contribution is 2.62. The number of nitrogens with zero attached hydrogens (tertiary/aromatic N) is 1. The van der Waals surface area contributed by atoms with Crippen LogP contribution in [0.15, 0.2) is 170 Å². The lowest BCUT2D eigenvalue weighted by atomic mass is 9.61. The summed E-state index contributed by atoms with van der Waals surface area (Å²) in [6.45, 7) is 4.88. The van der Waals surface area contributed by atoms with Gasteiger partial charge >= 0.3 is 0 Å². The first-order chi connectivity index (χ1) is 29.4. The molecule has 11 aromatic carbocycles. The van der Waals surface area contributed by atoms with Crippen molar-refractivity contribution < 1.29 is 4.39 Å². The number of anilines is 2. The molecular formula is C58H42FN. The van der Waals surface area contributed by atoms with E-state index in [4.69, 9.17) is 0 Å². The summed E-state index contributed by atoms with van der Waals surface area (Å²) in [4.78, 5) is 2.46. The summed E-state index contributed by atoms with van der Waals surface area (Å²) in [6.07, 6.45) is 4.55. The number of hydrogen-bond donors (Lipinski definition) is 0. The Hall–Kier alpha value is -6.77. The molecule has 2 heteroatoms. The predicted molar refractivity (Wildman–Crippen MR) is 253 cm³/mol. The minimum atomic E-state index is -0.190. The smallest absolute Gasteiger partial charge is 0.125 e. The Bertz CT molecular complexity index is 3410. The van der Waals surface area contributed by atoms with E-state index in [9.17, 15) is 4.39 Å². The van der Waals surface area contributed by atoms with Crippen molar-refractivity contribution in [1.82, 2.24) is 0 Å². The Morgan fingerprint density at radius 3 is 1.67 bits per heavy atom. The summed E-state index contributed by atoms with van der Waals surface area (Å²) >= 11 is 0. The van der Waals surface area contributed by atoms with E-state index in [1.54, 1.807) is 12.1 Å². The van der Waals surface area contributed by atoms with Crippen LogP contribution in [0.2, 0.25) is 0 Å². The maximum atomic E-state index is 14.8. The second-order valence-electron chi connectivity index (χ2n) is 17.9. The predicted octanol–water partition coefficient (Wildman–Crippen LogP) is 16.4. The van der Waals surface area contributed by atoms with Crippen molar-refractivity contribution in [2.24, 2.45) is 0 Å². The number of halogens is 1. The molecule has 0 bridgehead atoms. The van der Waals surface area contributed by atoms with Crippen LogP contribution in [0.25, 0.3) is 98.0 Å². The van der Waals surface area contributed by atoms with Gasteiger partial charge in [0, 0.05) is 16.8 Å². The van der Waals surface area contributed by atoms with Gasteiger partial charge in [0.25, 0.3) is 0 Å². The van der Waals surface area contributed by atoms with Gasteiger partial charge in [0.15, 0.2) is 0 Å². The van der Waals surface area contributed by atoms with Crippen molar-refractivity contribution in [3.8, 4) is 33.4 Å². The molecule has 0 saturated heterocycles. The molecule has 1 saturated carbocycles. The van der Waals surface area contributed by atoms with Gasteiger partial charge in [-0.05, 0) is 154 Å². The first-order valence-electron chi connectivity index (χ1n) is 21.6. The van der Waals surface area contributed by atoms with Crippen molar-refractivity contribution in [3.63, 3.8) is 0 Å². The summed E-state index contributed by atoms with van der Waals surface area (Å²) in [6, 6.07) is 62.0. The number of hydrogen-bond acceptors (Lipinski definition) is 1. The molecule has 11 aromatic rings. The average Bonchev–Trinajstić information content (AvgIpc) is 3.87. The lowest BCUT2D eigenvalue weighted by Crippen LogP contribution is -2.54. The fraction of sp³-hybridized carbons (Fsp3) is 0.138. The van der Waals surface area contributed by atoms with Crippen molar-refractivity contribution in [2.45, 2.75) is 50.5 Å². The number of rotatable bonds is 4. The van der Waals surface area contributed by atoms with Crippen LogP contribution in [0, 0.1) is 5.82 Å². The van der Waals surface area contributed by atoms with Crippen LogP contribution in [-0.4, -0.2) is 5.54 Å². The van der Waals surface area contributed by atoms with Crippen molar-refractivity contribution >= 4 is 76.0 Å². The van der Waals surface area contributed by atoms with Gasteiger partial charge in [-0.25, -0.2) is 4.39 Å². The molecule has 1 nitrogen and oxygen atoms in total. The Morgan fingerprint density at radius 1 is 0.450 bits per heavy atom. The lowest BCUT2D eigenvalue weighted by molar-refractivity contribution is 0.195. The number of fused-ring (bicyclic) bond motifs is 9. The van der Waals surface area contributed by atoms with E-state index in [0.29, 0.717) is 0 Å². The maximum Gasteiger partial charge on any atom is 0.125 e. The molecule has 2 aliphatic rings. The zero-order valence-electron chi connectivity index (χ0n) is 33.8. The van der Waals surface area contributed by atoms with E-state index in [1.807, 2.05) is 6.07 Å². The normalized spacial score (nSPS) is 19.1. The molecular weight excluding hydrogens is 730 g/mol. The summed E-state index contributed by atoms with van der Waals surface area (Å²) in [7, 11) is 0. The topological polar surface area (TPSA) is 3.24 Å². The van der Waals surface area contributed by atoms with Gasteiger partial charge in [0.1, 0.15) is 5.82 Å². The van der Waals surface area contributed by atoms with E-state index in [1.165, 1.54) is 122 Å². The summed E-state index contributed by atoms with van der Waals surface area (Å²) in [5.74, 6) is -0.190. The van der Waals surface area contributed by atoms with Crippen LogP contribution in [0.4, 0.5) is 15.8 Å². The standard InChI is InChI=1S/C58H42FN/c1-57-31-9-10-32-58(57,2)60(40-22-13-21-39(59)34-40)48-30-27-38(33-47(48)57)41-28-29-46-52-42(41)23-14-26-45(52)55-50(36-15-5-3-6-16-36)53-43-24-11-19-35-20-12-25-44(49(35)43)54(53)51(56(46)55)37-17-7-4-8-18-37/h3-8,11-30,33-34H,9-10,31-32H2,1-2H3. The van der Waals surface area contributed by atoms with Crippen LogP contribution in [0.1, 0.15) is 45.1 Å². The highest BCUT2D eigenvalue weighted by Gasteiger charge is 2.57. The van der Waals surface area contributed by atoms with E-state index in [2.05, 4.69) is 170 Å². The van der Waals surface area contributed by atoms with Crippen LogP contribution in [0.5, 0.6) is 0 Å². The quantitative estimate of drug-likeness (QED) is 0.172. The maximum absolute atomic E-state index is 14.8. The first-order valence-corrected chi connectivity index (χ1v) is 21.6. The molecule has 0 radical (unpaired) electrons. The van der Waals surface area contributed by atoms with E-state index in [-0.39, 0.29) is 16.8 Å². The van der Waals surface area contributed by atoms with E-state index >= 15 is 0 Å². The molecule has 2 atom stereocenters. The van der Waals surface area contributed by atoms with Crippen molar-refractivity contribution in [2.75, 3.05) is 4.90 Å². The second kappa shape index (κ2) is 12.1. The summed E-state index contributed by atoms with van der Waals surface area (Å²) in [5.41, 5.74) is 10.9. The molecule has 1 aliphatic carbocycles. The third-order valence-corrected chi connectivity index (χ3v) is 15.1. The molecule has 0 aromatic heterocycles. The van der Waals surface area contributed by atoms with Crippen LogP contribution in [-0.2, 0) is 5.41 Å². The molecule has 13 rings (SSSR count).